The zero-order valence-corrected chi connectivity index (χ0v) is 21.4. The average molecular weight is 524 g/mol. The molecule has 0 saturated carbocycles. The summed E-state index contributed by atoms with van der Waals surface area (Å²) in [4.78, 5) is 31.0. The fraction of sp³-hybridized carbons (Fsp3) is 0.167. The molecule has 6 rings (SSSR count). The molecule has 196 valence electrons. The van der Waals surface area contributed by atoms with E-state index in [1.807, 2.05) is 36.4 Å². The second-order valence-corrected chi connectivity index (χ2v) is 9.11. The fourth-order valence-electron chi connectivity index (χ4n) is 5.12. The number of aliphatic hydroxyl groups is 1. The minimum atomic E-state index is -0.302. The first-order valence-corrected chi connectivity index (χ1v) is 12.4. The molecule has 0 spiro atoms. The van der Waals surface area contributed by atoms with Gasteiger partial charge in [-0.05, 0) is 60.5 Å². The molecule has 0 unspecified atom stereocenters. The summed E-state index contributed by atoms with van der Waals surface area (Å²) in [6.07, 6.45) is 2.28. The lowest BCUT2D eigenvalue weighted by molar-refractivity contribution is -0.118. The molecule has 1 amide bonds. The number of benzene rings is 3. The van der Waals surface area contributed by atoms with Crippen molar-refractivity contribution in [2.45, 2.75) is 6.42 Å². The summed E-state index contributed by atoms with van der Waals surface area (Å²) in [6, 6.07) is 18.1. The maximum atomic E-state index is 13.9. The standard InChI is InChI=1S/C30H25N3O6/c1-37-24-10-8-21-26(29(24)38-2)30(36)33-23-9-7-19(15-22(23)20-11-13-31-27(21)28(20)33)39-16-25(35)32-18-5-3-17(4-6-18)12-14-34/h3-11,13,15,34H,12,14,16H2,1-2H3,(H,32,35). The Hall–Kier alpha value is -4.89. The molecule has 6 aromatic rings. The van der Waals surface area contributed by atoms with Crippen LogP contribution in [0.4, 0.5) is 5.69 Å². The third kappa shape index (κ3) is 4.04. The zero-order chi connectivity index (χ0) is 27.1. The van der Waals surface area contributed by atoms with Gasteiger partial charge in [0, 0.05) is 34.6 Å². The average Bonchev–Trinajstić information content (AvgIpc) is 3.30. The summed E-state index contributed by atoms with van der Waals surface area (Å²) in [6.45, 7) is -0.110. The second kappa shape index (κ2) is 9.77. The van der Waals surface area contributed by atoms with Gasteiger partial charge in [-0.3, -0.25) is 19.0 Å². The molecular weight excluding hydrogens is 498 g/mol. The Kier molecular flexibility index (Phi) is 6.12. The lowest BCUT2D eigenvalue weighted by Gasteiger charge is -2.12. The molecule has 3 aromatic heterocycles. The molecule has 2 N–H and O–H groups in total. The number of methoxy groups -OCH3 is 2. The largest absolute Gasteiger partial charge is 0.493 e. The zero-order valence-electron chi connectivity index (χ0n) is 21.4. The van der Waals surface area contributed by atoms with Gasteiger partial charge in [0.15, 0.2) is 18.1 Å². The van der Waals surface area contributed by atoms with Crippen LogP contribution in [0.2, 0.25) is 0 Å². The monoisotopic (exact) mass is 523 g/mol. The number of nitrogens with zero attached hydrogens (tertiary/aromatic N) is 2. The highest BCUT2D eigenvalue weighted by Crippen LogP contribution is 2.39. The number of ether oxygens (including phenoxy) is 3. The van der Waals surface area contributed by atoms with Crippen LogP contribution in [0.25, 0.3) is 38.1 Å². The van der Waals surface area contributed by atoms with Crippen LogP contribution in [0.1, 0.15) is 5.56 Å². The summed E-state index contributed by atoms with van der Waals surface area (Å²) in [5.41, 5.74) is 3.47. The number of aliphatic hydroxyl groups excluding tert-OH is 1. The maximum Gasteiger partial charge on any atom is 0.267 e. The van der Waals surface area contributed by atoms with E-state index in [0.29, 0.717) is 56.7 Å². The van der Waals surface area contributed by atoms with Crippen molar-refractivity contribution in [3.8, 4) is 17.2 Å². The molecule has 0 fully saturated rings. The van der Waals surface area contributed by atoms with E-state index in [1.54, 1.807) is 34.9 Å². The minimum Gasteiger partial charge on any atom is -0.493 e. The smallest absolute Gasteiger partial charge is 0.267 e. The lowest BCUT2D eigenvalue weighted by atomic mass is 10.1. The first kappa shape index (κ1) is 24.4. The predicted molar refractivity (Wildman–Crippen MR) is 150 cm³/mol. The normalized spacial score (nSPS) is 11.5. The van der Waals surface area contributed by atoms with Crippen LogP contribution in [0.3, 0.4) is 0 Å². The van der Waals surface area contributed by atoms with E-state index < -0.39 is 0 Å². The van der Waals surface area contributed by atoms with Crippen LogP contribution < -0.4 is 25.1 Å². The molecule has 0 saturated heterocycles. The number of hydrogen-bond donors (Lipinski definition) is 2. The summed E-state index contributed by atoms with van der Waals surface area (Å²) in [5, 5.41) is 14.6. The van der Waals surface area contributed by atoms with E-state index in [2.05, 4.69) is 10.3 Å². The molecule has 3 heterocycles. The van der Waals surface area contributed by atoms with Crippen molar-refractivity contribution in [1.29, 1.82) is 0 Å². The number of anilines is 1. The van der Waals surface area contributed by atoms with E-state index in [0.717, 1.165) is 16.3 Å². The Bertz CT molecular complexity index is 1910. The number of fused-ring (bicyclic) bond motifs is 5. The number of hydrogen-bond acceptors (Lipinski definition) is 7. The molecule has 0 atom stereocenters. The van der Waals surface area contributed by atoms with Gasteiger partial charge in [-0.1, -0.05) is 12.1 Å². The van der Waals surface area contributed by atoms with Crippen LogP contribution in [-0.2, 0) is 11.2 Å². The molecule has 9 heteroatoms. The number of amides is 1. The SMILES string of the molecule is COc1ccc2c(c1OC)c(=O)n1c3ccc(OCC(=O)Nc4ccc(CCO)cc4)cc3c3ccnc2c31. The quantitative estimate of drug-likeness (QED) is 0.288. The highest BCUT2D eigenvalue weighted by molar-refractivity contribution is 6.19. The van der Waals surface area contributed by atoms with Gasteiger partial charge in [0.25, 0.3) is 11.5 Å². The number of carbonyl (C=O) groups is 1. The number of pyridine rings is 2. The molecule has 3 aromatic carbocycles. The van der Waals surface area contributed by atoms with E-state index in [-0.39, 0.29) is 24.7 Å². The van der Waals surface area contributed by atoms with E-state index in [4.69, 9.17) is 19.3 Å². The maximum absolute atomic E-state index is 13.9. The molecular formula is C30H25N3O6. The molecule has 0 aliphatic carbocycles. The third-order valence-electron chi connectivity index (χ3n) is 6.87. The number of nitrogens with one attached hydrogen (secondary N) is 1. The van der Waals surface area contributed by atoms with Gasteiger partial charge in [0.05, 0.1) is 36.2 Å². The number of rotatable bonds is 8. The van der Waals surface area contributed by atoms with Gasteiger partial charge in [-0.15, -0.1) is 0 Å². The molecule has 39 heavy (non-hydrogen) atoms. The van der Waals surface area contributed by atoms with Crippen LogP contribution in [0, 0.1) is 0 Å². The van der Waals surface area contributed by atoms with E-state index in [1.165, 1.54) is 14.2 Å². The Labute approximate surface area is 222 Å². The molecule has 0 bridgehead atoms. The van der Waals surface area contributed by atoms with Gasteiger partial charge in [-0.2, -0.15) is 0 Å². The summed E-state index contributed by atoms with van der Waals surface area (Å²) < 4.78 is 18.5. The number of aromatic nitrogens is 2. The van der Waals surface area contributed by atoms with Gasteiger partial charge >= 0.3 is 0 Å². The van der Waals surface area contributed by atoms with Gasteiger partial charge in [0.1, 0.15) is 5.75 Å². The Morgan fingerprint density at radius 3 is 2.54 bits per heavy atom. The van der Waals surface area contributed by atoms with Crippen molar-refractivity contribution in [3.63, 3.8) is 0 Å². The Balaban J connectivity index is 1.37. The minimum absolute atomic E-state index is 0.0738. The van der Waals surface area contributed by atoms with Gasteiger partial charge in [-0.25, -0.2) is 0 Å². The summed E-state index contributed by atoms with van der Waals surface area (Å²) in [5.74, 6) is 1.02. The Morgan fingerprint density at radius 1 is 0.974 bits per heavy atom. The second-order valence-electron chi connectivity index (χ2n) is 9.11. The van der Waals surface area contributed by atoms with Crippen LogP contribution in [0.15, 0.2) is 71.7 Å². The van der Waals surface area contributed by atoms with Gasteiger partial charge in [0.2, 0.25) is 0 Å². The molecule has 0 aliphatic rings. The highest BCUT2D eigenvalue weighted by Gasteiger charge is 2.22. The Morgan fingerprint density at radius 2 is 1.79 bits per heavy atom. The van der Waals surface area contributed by atoms with Crippen molar-refractivity contribution in [2.75, 3.05) is 32.8 Å². The third-order valence-corrected chi connectivity index (χ3v) is 6.87. The number of carbonyl (C=O) groups excluding carboxylic acids is 1. The summed E-state index contributed by atoms with van der Waals surface area (Å²) >= 11 is 0. The van der Waals surface area contributed by atoms with Crippen LogP contribution in [0.5, 0.6) is 17.2 Å². The summed E-state index contributed by atoms with van der Waals surface area (Å²) in [7, 11) is 3.04. The molecule has 0 radical (unpaired) electrons. The first-order chi connectivity index (χ1) is 19.0. The van der Waals surface area contributed by atoms with Crippen molar-refractivity contribution in [2.24, 2.45) is 0 Å². The topological polar surface area (TPSA) is 111 Å². The van der Waals surface area contributed by atoms with Crippen molar-refractivity contribution in [1.82, 2.24) is 9.38 Å². The van der Waals surface area contributed by atoms with E-state index >= 15 is 0 Å². The molecule has 0 aliphatic heterocycles. The van der Waals surface area contributed by atoms with Gasteiger partial charge < -0.3 is 24.6 Å². The highest BCUT2D eigenvalue weighted by atomic mass is 16.5. The van der Waals surface area contributed by atoms with Crippen molar-refractivity contribution >= 4 is 49.7 Å². The van der Waals surface area contributed by atoms with Crippen LogP contribution in [-0.4, -0.2) is 47.8 Å². The first-order valence-electron chi connectivity index (χ1n) is 12.4. The molecule has 9 nitrogen and oxygen atoms in total. The van der Waals surface area contributed by atoms with Crippen molar-refractivity contribution in [3.05, 3.63) is 82.8 Å². The van der Waals surface area contributed by atoms with Crippen LogP contribution >= 0.6 is 0 Å². The van der Waals surface area contributed by atoms with E-state index in [9.17, 15) is 9.59 Å². The van der Waals surface area contributed by atoms with Crippen molar-refractivity contribution < 1.29 is 24.1 Å². The predicted octanol–water partition coefficient (Wildman–Crippen LogP) is 4.16. The lowest BCUT2D eigenvalue weighted by Crippen LogP contribution is -2.20. The fourth-order valence-corrected chi connectivity index (χ4v) is 5.12.